The van der Waals surface area contributed by atoms with Gasteiger partial charge in [-0.2, -0.15) is 0 Å². The summed E-state index contributed by atoms with van der Waals surface area (Å²) in [5.41, 5.74) is 10.2. The fourth-order valence-corrected chi connectivity index (χ4v) is 2.79. The zero-order valence-electron chi connectivity index (χ0n) is 11.4. The van der Waals surface area contributed by atoms with Gasteiger partial charge in [-0.15, -0.1) is 0 Å². The highest BCUT2D eigenvalue weighted by atomic mass is 35.5. The summed E-state index contributed by atoms with van der Waals surface area (Å²) >= 11 is 5.95. The molecular weight excluding hydrogens is 286 g/mol. The highest BCUT2D eigenvalue weighted by Crippen LogP contribution is 2.27. The summed E-state index contributed by atoms with van der Waals surface area (Å²) in [6.07, 6.45) is 1.07. The lowest BCUT2D eigenvalue weighted by Gasteiger charge is -2.12. The van der Waals surface area contributed by atoms with Gasteiger partial charge in [0.25, 0.3) is 0 Å². The number of hydrogen-bond acceptors (Lipinski definition) is 3. The molecule has 0 fully saturated rings. The number of carbonyl (C=O) groups excluding carboxylic acids is 1. The molecule has 0 saturated heterocycles. The van der Waals surface area contributed by atoms with Crippen molar-refractivity contribution in [3.8, 4) is 0 Å². The Hall–Kier alpha value is -2.20. The maximum absolute atomic E-state index is 11.3. The highest BCUT2D eigenvalue weighted by molar-refractivity contribution is 6.33. The van der Waals surface area contributed by atoms with Crippen molar-refractivity contribution in [3.63, 3.8) is 0 Å². The van der Waals surface area contributed by atoms with Crippen LogP contribution in [0.25, 0.3) is 0 Å². The number of fused-ring (bicyclic) bond motifs is 1. The number of hydrogen-bond donors (Lipinski definition) is 3. The summed E-state index contributed by atoms with van der Waals surface area (Å²) in [4.78, 5) is 11.3. The van der Waals surface area contributed by atoms with Gasteiger partial charge in [-0.05, 0) is 35.7 Å². The van der Waals surface area contributed by atoms with Gasteiger partial charge in [0.15, 0.2) is 0 Å². The lowest BCUT2D eigenvalue weighted by Crippen LogP contribution is -2.12. The van der Waals surface area contributed by atoms with Gasteiger partial charge in [0.2, 0.25) is 5.91 Å². The minimum atomic E-state index is -0.522. The van der Waals surface area contributed by atoms with E-state index in [4.69, 9.17) is 17.3 Å². The molecule has 0 unspecified atom stereocenters. The van der Waals surface area contributed by atoms with Crippen molar-refractivity contribution in [2.75, 3.05) is 17.2 Å². The second-order valence-electron chi connectivity index (χ2n) is 5.04. The van der Waals surface area contributed by atoms with Crippen molar-refractivity contribution in [1.82, 2.24) is 0 Å². The quantitative estimate of drug-likeness (QED) is 0.813. The van der Waals surface area contributed by atoms with E-state index in [0.29, 0.717) is 17.1 Å². The molecule has 1 aliphatic heterocycles. The number of para-hydroxylation sites is 1. The molecule has 0 bridgehead atoms. The largest absolute Gasteiger partial charge is 0.384 e. The third-order valence-corrected chi connectivity index (χ3v) is 3.98. The van der Waals surface area contributed by atoms with Gasteiger partial charge < -0.3 is 16.4 Å². The molecule has 0 aliphatic carbocycles. The molecule has 2 aromatic carbocycles. The Morgan fingerprint density at radius 3 is 3.00 bits per heavy atom. The van der Waals surface area contributed by atoms with E-state index in [9.17, 15) is 4.79 Å². The summed E-state index contributed by atoms with van der Waals surface area (Å²) < 4.78 is 0. The first kappa shape index (κ1) is 13.8. The topological polar surface area (TPSA) is 67.2 Å². The zero-order chi connectivity index (χ0) is 14.8. The predicted octanol–water partition coefficient (Wildman–Crippen LogP) is 3.02. The fourth-order valence-electron chi connectivity index (χ4n) is 2.58. The molecule has 3 rings (SSSR count). The van der Waals surface area contributed by atoms with Crippen molar-refractivity contribution >= 4 is 28.9 Å². The first-order valence-electron chi connectivity index (χ1n) is 6.83. The van der Waals surface area contributed by atoms with Crippen LogP contribution in [0.3, 0.4) is 0 Å². The molecule has 0 aromatic heterocycles. The standard InChI is InChI=1S/C16H16ClN3O/c17-14-5-4-12(8-13(14)16(18)21)20-9-11-3-1-2-10-6-7-19-15(10)11/h1-5,8,19-20H,6-7,9H2,(H2,18,21). The molecule has 1 amide bonds. The molecule has 0 radical (unpaired) electrons. The van der Waals surface area contributed by atoms with Crippen molar-refractivity contribution in [2.45, 2.75) is 13.0 Å². The number of benzene rings is 2. The lowest BCUT2D eigenvalue weighted by atomic mass is 10.1. The highest BCUT2D eigenvalue weighted by Gasteiger charge is 2.13. The zero-order valence-corrected chi connectivity index (χ0v) is 12.2. The van der Waals surface area contributed by atoms with Crippen LogP contribution in [0.4, 0.5) is 11.4 Å². The van der Waals surface area contributed by atoms with E-state index in [0.717, 1.165) is 18.7 Å². The number of nitrogens with one attached hydrogen (secondary N) is 2. The van der Waals surface area contributed by atoms with Gasteiger partial charge in [0, 0.05) is 24.5 Å². The Morgan fingerprint density at radius 1 is 1.33 bits per heavy atom. The molecule has 1 aliphatic rings. The number of nitrogens with two attached hydrogens (primary N) is 1. The summed E-state index contributed by atoms with van der Waals surface area (Å²) in [6, 6.07) is 11.5. The van der Waals surface area contributed by atoms with E-state index in [1.54, 1.807) is 12.1 Å². The van der Waals surface area contributed by atoms with Gasteiger partial charge in [0.1, 0.15) is 0 Å². The lowest BCUT2D eigenvalue weighted by molar-refractivity contribution is 0.100. The van der Waals surface area contributed by atoms with Crippen LogP contribution in [0.2, 0.25) is 5.02 Å². The molecule has 0 atom stereocenters. The Morgan fingerprint density at radius 2 is 2.19 bits per heavy atom. The minimum Gasteiger partial charge on any atom is -0.384 e. The van der Waals surface area contributed by atoms with E-state index in [1.165, 1.54) is 16.8 Å². The Labute approximate surface area is 128 Å². The normalized spacial score (nSPS) is 12.6. The van der Waals surface area contributed by atoms with Crippen molar-refractivity contribution < 1.29 is 4.79 Å². The molecule has 0 saturated carbocycles. The summed E-state index contributed by atoms with van der Waals surface area (Å²) in [5.74, 6) is -0.522. The first-order valence-corrected chi connectivity index (χ1v) is 7.21. The van der Waals surface area contributed by atoms with Gasteiger partial charge in [-0.3, -0.25) is 4.79 Å². The average Bonchev–Trinajstić information content (AvgIpc) is 2.95. The Bertz CT molecular complexity index is 700. The smallest absolute Gasteiger partial charge is 0.250 e. The number of carbonyl (C=O) groups is 1. The summed E-state index contributed by atoms with van der Waals surface area (Å²) in [6.45, 7) is 1.66. The number of primary amides is 1. The Kier molecular flexibility index (Phi) is 3.71. The molecule has 2 aromatic rings. The van der Waals surface area contributed by atoms with Gasteiger partial charge in [0.05, 0.1) is 10.6 Å². The third kappa shape index (κ3) is 2.81. The third-order valence-electron chi connectivity index (χ3n) is 3.65. The minimum absolute atomic E-state index is 0.332. The van der Waals surface area contributed by atoms with Crippen LogP contribution in [-0.4, -0.2) is 12.5 Å². The van der Waals surface area contributed by atoms with Crippen molar-refractivity contribution in [2.24, 2.45) is 5.73 Å². The van der Waals surface area contributed by atoms with Crippen molar-refractivity contribution in [3.05, 3.63) is 58.1 Å². The van der Waals surface area contributed by atoms with Gasteiger partial charge >= 0.3 is 0 Å². The molecule has 0 spiro atoms. The SMILES string of the molecule is NC(=O)c1cc(NCc2cccc3c2NCC3)ccc1Cl. The molecule has 108 valence electrons. The second-order valence-corrected chi connectivity index (χ2v) is 5.45. The van der Waals surface area contributed by atoms with Crippen molar-refractivity contribution in [1.29, 1.82) is 0 Å². The molecule has 1 heterocycles. The summed E-state index contributed by atoms with van der Waals surface area (Å²) in [7, 11) is 0. The predicted molar refractivity (Wildman–Crippen MR) is 85.9 cm³/mol. The monoisotopic (exact) mass is 301 g/mol. The average molecular weight is 302 g/mol. The molecule has 4 nitrogen and oxygen atoms in total. The van der Waals surface area contributed by atoms with E-state index in [-0.39, 0.29) is 0 Å². The molecular formula is C16H16ClN3O. The molecule has 4 N–H and O–H groups in total. The van der Waals surface area contributed by atoms with E-state index < -0.39 is 5.91 Å². The van der Waals surface area contributed by atoms with E-state index >= 15 is 0 Å². The molecule has 21 heavy (non-hydrogen) atoms. The van der Waals surface area contributed by atoms with Crippen LogP contribution < -0.4 is 16.4 Å². The summed E-state index contributed by atoms with van der Waals surface area (Å²) in [5, 5.41) is 7.09. The van der Waals surface area contributed by atoms with Crippen LogP contribution in [0.15, 0.2) is 36.4 Å². The van der Waals surface area contributed by atoms with Crippen LogP contribution in [0, 0.1) is 0 Å². The number of amides is 1. The van der Waals surface area contributed by atoms with Gasteiger partial charge in [-0.1, -0.05) is 29.8 Å². The van der Waals surface area contributed by atoms with Crippen LogP contribution in [-0.2, 0) is 13.0 Å². The van der Waals surface area contributed by atoms with E-state index in [1.807, 2.05) is 6.07 Å². The number of anilines is 2. The maximum atomic E-state index is 11.3. The van der Waals surface area contributed by atoms with E-state index in [2.05, 4.69) is 28.8 Å². The van der Waals surface area contributed by atoms with Crippen LogP contribution in [0.1, 0.15) is 21.5 Å². The Balaban J connectivity index is 1.78. The second kappa shape index (κ2) is 5.66. The number of rotatable bonds is 4. The van der Waals surface area contributed by atoms with Crippen LogP contribution >= 0.6 is 11.6 Å². The van der Waals surface area contributed by atoms with Crippen LogP contribution in [0.5, 0.6) is 0 Å². The maximum Gasteiger partial charge on any atom is 0.250 e. The fraction of sp³-hybridized carbons (Fsp3) is 0.188. The molecule has 5 heteroatoms. The van der Waals surface area contributed by atoms with Gasteiger partial charge in [-0.25, -0.2) is 0 Å². The first-order chi connectivity index (χ1) is 10.1. The number of halogens is 1.